The Hall–Kier alpha value is 0.390. The third-order valence-electron chi connectivity index (χ3n) is 3.62. The van der Waals surface area contributed by atoms with Gasteiger partial charge in [-0.15, -0.1) is 11.3 Å². The zero-order valence-electron chi connectivity index (χ0n) is 11.4. The highest BCUT2D eigenvalue weighted by Gasteiger charge is 2.32. The molecule has 1 saturated carbocycles. The standard InChI is InChI=1S/C14H21BrClNOS/c1-3-17-12(13-8-11(16)14(15)19-13)7-9-5-10(6-9)18-4-2/h8-10,12,17H,3-7H2,1-2H3. The molecule has 1 aromatic heterocycles. The molecular formula is C14H21BrClNOS. The maximum absolute atomic E-state index is 6.14. The first kappa shape index (κ1) is 15.8. The summed E-state index contributed by atoms with van der Waals surface area (Å²) in [5, 5.41) is 4.40. The van der Waals surface area contributed by atoms with Crippen molar-refractivity contribution < 1.29 is 4.74 Å². The van der Waals surface area contributed by atoms with Crippen LogP contribution < -0.4 is 5.32 Å². The van der Waals surface area contributed by atoms with Gasteiger partial charge in [-0.25, -0.2) is 0 Å². The fourth-order valence-electron chi connectivity index (χ4n) is 2.65. The van der Waals surface area contributed by atoms with Crippen LogP contribution in [-0.2, 0) is 4.74 Å². The Morgan fingerprint density at radius 2 is 2.26 bits per heavy atom. The van der Waals surface area contributed by atoms with Crippen molar-refractivity contribution in [1.82, 2.24) is 5.32 Å². The number of hydrogen-bond acceptors (Lipinski definition) is 3. The molecular weight excluding hydrogens is 346 g/mol. The lowest BCUT2D eigenvalue weighted by Crippen LogP contribution is -2.34. The van der Waals surface area contributed by atoms with Crippen molar-refractivity contribution in [2.45, 2.75) is 45.3 Å². The monoisotopic (exact) mass is 365 g/mol. The summed E-state index contributed by atoms with van der Waals surface area (Å²) < 4.78 is 6.67. The van der Waals surface area contributed by atoms with Crippen molar-refractivity contribution in [2.24, 2.45) is 5.92 Å². The minimum atomic E-state index is 0.423. The number of thiophene rings is 1. The highest BCUT2D eigenvalue weighted by molar-refractivity contribution is 9.11. The molecule has 0 amide bonds. The maximum atomic E-state index is 6.14. The SMILES string of the molecule is CCNC(CC1CC(OCC)C1)c1cc(Cl)c(Br)s1. The molecule has 1 unspecified atom stereocenters. The average molecular weight is 367 g/mol. The lowest BCUT2D eigenvalue weighted by molar-refractivity contribution is -0.0290. The fraction of sp³-hybridized carbons (Fsp3) is 0.714. The van der Waals surface area contributed by atoms with Gasteiger partial charge in [0.1, 0.15) is 0 Å². The van der Waals surface area contributed by atoms with Crippen LogP contribution in [0, 0.1) is 5.92 Å². The topological polar surface area (TPSA) is 21.3 Å². The third-order valence-corrected chi connectivity index (χ3v) is 6.21. The Morgan fingerprint density at radius 1 is 1.53 bits per heavy atom. The van der Waals surface area contributed by atoms with E-state index in [-0.39, 0.29) is 0 Å². The van der Waals surface area contributed by atoms with Gasteiger partial charge >= 0.3 is 0 Å². The molecule has 2 nitrogen and oxygen atoms in total. The van der Waals surface area contributed by atoms with Crippen molar-refractivity contribution in [3.05, 3.63) is 19.8 Å². The number of halogens is 2. The molecule has 1 atom stereocenters. The predicted molar refractivity (Wildman–Crippen MR) is 86.2 cm³/mol. The van der Waals surface area contributed by atoms with E-state index < -0.39 is 0 Å². The highest BCUT2D eigenvalue weighted by atomic mass is 79.9. The normalized spacial score (nSPS) is 24.2. The smallest absolute Gasteiger partial charge is 0.0887 e. The van der Waals surface area contributed by atoms with Crippen LogP contribution >= 0.6 is 38.9 Å². The van der Waals surface area contributed by atoms with Crippen LogP contribution in [0.3, 0.4) is 0 Å². The summed E-state index contributed by atoms with van der Waals surface area (Å²) in [6.45, 7) is 6.04. The van der Waals surface area contributed by atoms with E-state index in [0.717, 1.165) is 27.9 Å². The Balaban J connectivity index is 1.90. The Labute approximate surface area is 133 Å². The molecule has 0 bridgehead atoms. The lowest BCUT2D eigenvalue weighted by Gasteiger charge is -2.37. The van der Waals surface area contributed by atoms with E-state index in [1.54, 1.807) is 11.3 Å². The van der Waals surface area contributed by atoms with Crippen LogP contribution in [0.5, 0.6) is 0 Å². The maximum Gasteiger partial charge on any atom is 0.0887 e. The van der Waals surface area contributed by atoms with Crippen LogP contribution in [0.1, 0.15) is 44.0 Å². The summed E-state index contributed by atoms with van der Waals surface area (Å²) in [7, 11) is 0. The minimum absolute atomic E-state index is 0.423. The second-order valence-electron chi connectivity index (χ2n) is 5.03. The lowest BCUT2D eigenvalue weighted by atomic mass is 9.78. The second-order valence-corrected chi connectivity index (χ2v) is 7.84. The third kappa shape index (κ3) is 4.18. The highest BCUT2D eigenvalue weighted by Crippen LogP contribution is 2.41. The van der Waals surface area contributed by atoms with Gasteiger partial charge in [-0.3, -0.25) is 0 Å². The van der Waals surface area contributed by atoms with Gasteiger partial charge in [0.05, 0.1) is 14.9 Å². The fourth-order valence-corrected chi connectivity index (χ4v) is 4.49. The number of ether oxygens (including phenoxy) is 1. The summed E-state index contributed by atoms with van der Waals surface area (Å²) in [5.41, 5.74) is 0. The number of hydrogen-bond donors (Lipinski definition) is 1. The average Bonchev–Trinajstić information content (AvgIpc) is 2.66. The molecule has 1 fully saturated rings. The minimum Gasteiger partial charge on any atom is -0.378 e. The van der Waals surface area contributed by atoms with Crippen molar-refractivity contribution in [2.75, 3.05) is 13.2 Å². The molecule has 0 saturated heterocycles. The Kier molecular flexibility index (Phi) is 6.15. The summed E-state index contributed by atoms with van der Waals surface area (Å²) in [4.78, 5) is 1.33. The molecule has 1 aromatic rings. The van der Waals surface area contributed by atoms with Gasteiger partial charge in [0.2, 0.25) is 0 Å². The molecule has 0 aromatic carbocycles. The molecule has 0 aliphatic heterocycles. The van der Waals surface area contributed by atoms with Gasteiger partial charge in [0, 0.05) is 17.5 Å². The first-order chi connectivity index (χ1) is 9.13. The first-order valence-corrected chi connectivity index (χ1v) is 8.92. The molecule has 108 valence electrons. The summed E-state index contributed by atoms with van der Waals surface area (Å²) in [6, 6.07) is 2.51. The van der Waals surface area contributed by atoms with Gasteiger partial charge < -0.3 is 10.1 Å². The molecule has 0 radical (unpaired) electrons. The van der Waals surface area contributed by atoms with E-state index in [9.17, 15) is 0 Å². The van der Waals surface area contributed by atoms with Gasteiger partial charge in [0.25, 0.3) is 0 Å². The van der Waals surface area contributed by atoms with E-state index >= 15 is 0 Å². The van der Waals surface area contributed by atoms with Crippen LogP contribution in [0.4, 0.5) is 0 Å². The second kappa shape index (κ2) is 7.41. The van der Waals surface area contributed by atoms with E-state index in [0.29, 0.717) is 12.1 Å². The summed E-state index contributed by atoms with van der Waals surface area (Å²) in [6.07, 6.45) is 4.09. The summed E-state index contributed by atoms with van der Waals surface area (Å²) >= 11 is 11.4. The molecule has 0 spiro atoms. The van der Waals surface area contributed by atoms with Crippen LogP contribution in [0.25, 0.3) is 0 Å². The van der Waals surface area contributed by atoms with Gasteiger partial charge in [-0.1, -0.05) is 18.5 Å². The molecule has 19 heavy (non-hydrogen) atoms. The number of rotatable bonds is 7. The molecule has 1 heterocycles. The summed E-state index contributed by atoms with van der Waals surface area (Å²) in [5.74, 6) is 0.778. The van der Waals surface area contributed by atoms with Crippen LogP contribution in [0.2, 0.25) is 5.02 Å². The van der Waals surface area contributed by atoms with Gasteiger partial charge in [-0.2, -0.15) is 0 Å². The van der Waals surface area contributed by atoms with E-state index in [1.165, 1.54) is 24.1 Å². The van der Waals surface area contributed by atoms with E-state index in [1.807, 2.05) is 0 Å². The Morgan fingerprint density at radius 3 is 2.79 bits per heavy atom. The molecule has 1 aliphatic rings. The van der Waals surface area contributed by atoms with Crippen molar-refractivity contribution in [1.29, 1.82) is 0 Å². The van der Waals surface area contributed by atoms with Gasteiger partial charge in [-0.05, 0) is 60.6 Å². The number of nitrogens with one attached hydrogen (secondary N) is 1. The molecule has 2 rings (SSSR count). The predicted octanol–water partition coefficient (Wildman–Crippen LogP) is 5.02. The molecule has 5 heteroatoms. The zero-order valence-corrected chi connectivity index (χ0v) is 14.6. The molecule has 1 aliphatic carbocycles. The largest absolute Gasteiger partial charge is 0.378 e. The van der Waals surface area contributed by atoms with E-state index in [2.05, 4.69) is 41.2 Å². The Bertz CT molecular complexity index is 387. The zero-order chi connectivity index (χ0) is 13.8. The van der Waals surface area contributed by atoms with Crippen molar-refractivity contribution in [3.8, 4) is 0 Å². The quantitative estimate of drug-likeness (QED) is 0.731. The van der Waals surface area contributed by atoms with E-state index in [4.69, 9.17) is 16.3 Å². The van der Waals surface area contributed by atoms with Crippen molar-refractivity contribution in [3.63, 3.8) is 0 Å². The first-order valence-electron chi connectivity index (χ1n) is 6.93. The molecule has 1 N–H and O–H groups in total. The van der Waals surface area contributed by atoms with Gasteiger partial charge in [0.15, 0.2) is 0 Å². The van der Waals surface area contributed by atoms with Crippen molar-refractivity contribution >= 4 is 38.9 Å². The van der Waals surface area contributed by atoms with Crippen LogP contribution in [0.15, 0.2) is 9.85 Å². The van der Waals surface area contributed by atoms with Crippen LogP contribution in [-0.4, -0.2) is 19.3 Å².